The molecule has 7 heteroatoms. The minimum atomic E-state index is -1.38. The van der Waals surface area contributed by atoms with Gasteiger partial charge >= 0.3 is 11.9 Å². The third kappa shape index (κ3) is 6.73. The summed E-state index contributed by atoms with van der Waals surface area (Å²) >= 11 is 5.34. The summed E-state index contributed by atoms with van der Waals surface area (Å²) in [5.41, 5.74) is 0. The summed E-state index contributed by atoms with van der Waals surface area (Å²) in [5.74, 6) is -2.86. The van der Waals surface area contributed by atoms with Crippen LogP contribution in [0.5, 0.6) is 0 Å². The monoisotopic (exact) mass is 237 g/mol. The van der Waals surface area contributed by atoms with E-state index in [0.29, 0.717) is 12.3 Å². The van der Waals surface area contributed by atoms with Crippen LogP contribution in [-0.4, -0.2) is 40.0 Å². The summed E-state index contributed by atoms with van der Waals surface area (Å²) < 4.78 is 0. The van der Waals surface area contributed by atoms with Gasteiger partial charge < -0.3 is 15.5 Å². The number of carboxylic acid groups (broad SMARTS) is 2. The summed E-state index contributed by atoms with van der Waals surface area (Å²) in [4.78, 5) is 31.9. The van der Waals surface area contributed by atoms with Gasteiger partial charge in [-0.2, -0.15) is 0 Å². The van der Waals surface area contributed by atoms with E-state index in [4.69, 9.17) is 21.8 Å². The van der Waals surface area contributed by atoms with Gasteiger partial charge in [0, 0.05) is 12.3 Å². The fourth-order valence-corrected chi connectivity index (χ4v) is 1.00. The first-order valence-corrected chi connectivity index (χ1v) is 4.80. The summed E-state index contributed by atoms with van der Waals surface area (Å²) in [5, 5.41) is 19.1. The summed E-state index contributed by atoms with van der Waals surface area (Å²) in [6.45, 7) is 0. The smallest absolute Gasteiger partial charge is 0.326 e. The van der Waals surface area contributed by atoms with E-state index in [9.17, 15) is 14.4 Å². The average Bonchev–Trinajstić information content (AvgIpc) is 2.12. The van der Waals surface area contributed by atoms with Gasteiger partial charge in [0.1, 0.15) is 6.04 Å². The van der Waals surface area contributed by atoms with E-state index in [1.807, 2.05) is 0 Å². The van der Waals surface area contributed by atoms with Crippen molar-refractivity contribution in [2.24, 2.45) is 0 Å². The van der Waals surface area contributed by atoms with E-state index in [1.54, 1.807) is 0 Å². The number of carbonyl (C=O) groups is 3. The van der Waals surface area contributed by atoms with Gasteiger partial charge in [0.05, 0.1) is 6.42 Å². The molecular formula is C8H12ClNO5. The number of aliphatic carboxylic acids is 2. The standard InChI is InChI=1S/C8H12ClNO5/c9-3-1-2-6(11)10-5(8(14)15)4-7(12)13/h5H,1-4H2,(H,10,11)(H,12,13)(H,14,15)/t5-/m0/s1. The number of halogens is 1. The molecule has 0 fully saturated rings. The van der Waals surface area contributed by atoms with Crippen LogP contribution in [0.15, 0.2) is 0 Å². The second-order valence-corrected chi connectivity index (χ2v) is 3.23. The first-order valence-electron chi connectivity index (χ1n) is 4.27. The lowest BCUT2D eigenvalue weighted by molar-refractivity contribution is -0.147. The predicted octanol–water partition coefficient (Wildman–Crippen LogP) is 0.0495. The maximum absolute atomic E-state index is 11.1. The molecular weight excluding hydrogens is 226 g/mol. The Morgan fingerprint density at radius 1 is 1.27 bits per heavy atom. The van der Waals surface area contributed by atoms with Crippen molar-refractivity contribution in [3.63, 3.8) is 0 Å². The van der Waals surface area contributed by atoms with Gasteiger partial charge in [-0.15, -0.1) is 11.6 Å². The van der Waals surface area contributed by atoms with E-state index in [2.05, 4.69) is 5.32 Å². The topological polar surface area (TPSA) is 104 Å². The van der Waals surface area contributed by atoms with E-state index in [0.717, 1.165) is 0 Å². The lowest BCUT2D eigenvalue weighted by Gasteiger charge is -2.11. The lowest BCUT2D eigenvalue weighted by Crippen LogP contribution is -2.42. The van der Waals surface area contributed by atoms with Gasteiger partial charge in [0.25, 0.3) is 0 Å². The molecule has 1 amide bonds. The van der Waals surface area contributed by atoms with Crippen molar-refractivity contribution < 1.29 is 24.6 Å². The molecule has 0 aromatic rings. The second kappa shape index (κ2) is 7.05. The number of hydrogen-bond donors (Lipinski definition) is 3. The summed E-state index contributed by atoms with van der Waals surface area (Å²) in [7, 11) is 0. The van der Waals surface area contributed by atoms with Crippen molar-refractivity contribution in [2.45, 2.75) is 25.3 Å². The summed E-state index contributed by atoms with van der Waals surface area (Å²) in [6, 6.07) is -1.38. The highest BCUT2D eigenvalue weighted by Crippen LogP contribution is 1.97. The Bertz CT molecular complexity index is 255. The van der Waals surface area contributed by atoms with E-state index >= 15 is 0 Å². The molecule has 0 aliphatic carbocycles. The van der Waals surface area contributed by atoms with E-state index < -0.39 is 30.3 Å². The Morgan fingerprint density at radius 3 is 2.27 bits per heavy atom. The molecule has 0 saturated carbocycles. The van der Waals surface area contributed by atoms with Crippen molar-refractivity contribution in [1.82, 2.24) is 5.32 Å². The molecule has 0 radical (unpaired) electrons. The molecule has 0 aromatic carbocycles. The first-order chi connectivity index (χ1) is 6.97. The number of carbonyl (C=O) groups excluding carboxylic acids is 1. The highest BCUT2D eigenvalue weighted by Gasteiger charge is 2.22. The first kappa shape index (κ1) is 13.7. The third-order valence-electron chi connectivity index (χ3n) is 1.55. The maximum Gasteiger partial charge on any atom is 0.326 e. The molecule has 0 heterocycles. The molecule has 15 heavy (non-hydrogen) atoms. The fraction of sp³-hybridized carbons (Fsp3) is 0.625. The highest BCUT2D eigenvalue weighted by atomic mass is 35.5. The molecule has 0 saturated heterocycles. The van der Waals surface area contributed by atoms with Crippen LogP contribution in [0.2, 0.25) is 0 Å². The quantitative estimate of drug-likeness (QED) is 0.543. The van der Waals surface area contributed by atoms with Crippen LogP contribution in [0.1, 0.15) is 19.3 Å². The Morgan fingerprint density at radius 2 is 1.87 bits per heavy atom. The number of amides is 1. The van der Waals surface area contributed by atoms with Crippen molar-refractivity contribution in [1.29, 1.82) is 0 Å². The zero-order chi connectivity index (χ0) is 11.8. The minimum Gasteiger partial charge on any atom is -0.481 e. The predicted molar refractivity (Wildman–Crippen MR) is 51.8 cm³/mol. The normalized spacial score (nSPS) is 11.8. The molecule has 0 spiro atoms. The number of hydrogen-bond acceptors (Lipinski definition) is 3. The van der Waals surface area contributed by atoms with Crippen molar-refractivity contribution in [2.75, 3.05) is 5.88 Å². The zero-order valence-electron chi connectivity index (χ0n) is 7.90. The van der Waals surface area contributed by atoms with Crippen molar-refractivity contribution in [3.8, 4) is 0 Å². The number of rotatable bonds is 7. The molecule has 86 valence electrons. The van der Waals surface area contributed by atoms with E-state index in [-0.39, 0.29) is 6.42 Å². The molecule has 0 aromatic heterocycles. The molecule has 3 N–H and O–H groups in total. The number of carboxylic acids is 2. The van der Waals surface area contributed by atoms with Crippen LogP contribution in [0.4, 0.5) is 0 Å². The Hall–Kier alpha value is -1.30. The SMILES string of the molecule is O=C(O)C[C@H](NC(=O)CCCCl)C(=O)O. The third-order valence-corrected chi connectivity index (χ3v) is 1.82. The van der Waals surface area contributed by atoms with Gasteiger partial charge in [-0.05, 0) is 6.42 Å². The number of alkyl halides is 1. The Labute approximate surface area is 91.2 Å². The zero-order valence-corrected chi connectivity index (χ0v) is 8.66. The van der Waals surface area contributed by atoms with Crippen LogP contribution >= 0.6 is 11.6 Å². The second-order valence-electron chi connectivity index (χ2n) is 2.85. The fourth-order valence-electron chi connectivity index (χ4n) is 0.869. The molecule has 0 bridgehead atoms. The van der Waals surface area contributed by atoms with Crippen LogP contribution in [-0.2, 0) is 14.4 Å². The lowest BCUT2D eigenvalue weighted by atomic mass is 10.2. The van der Waals surface area contributed by atoms with Gasteiger partial charge in [-0.3, -0.25) is 9.59 Å². The van der Waals surface area contributed by atoms with Crippen LogP contribution in [0.3, 0.4) is 0 Å². The molecule has 1 atom stereocenters. The van der Waals surface area contributed by atoms with Crippen molar-refractivity contribution in [3.05, 3.63) is 0 Å². The maximum atomic E-state index is 11.1. The van der Waals surface area contributed by atoms with Crippen LogP contribution in [0, 0.1) is 0 Å². The molecule has 0 aliphatic rings. The van der Waals surface area contributed by atoms with Crippen LogP contribution < -0.4 is 5.32 Å². The van der Waals surface area contributed by atoms with E-state index in [1.165, 1.54) is 0 Å². The molecule has 0 aliphatic heterocycles. The van der Waals surface area contributed by atoms with Gasteiger partial charge in [-0.1, -0.05) is 0 Å². The van der Waals surface area contributed by atoms with Crippen LogP contribution in [0.25, 0.3) is 0 Å². The van der Waals surface area contributed by atoms with Gasteiger partial charge in [0.2, 0.25) is 5.91 Å². The Kier molecular flexibility index (Phi) is 6.44. The van der Waals surface area contributed by atoms with Gasteiger partial charge in [-0.25, -0.2) is 4.79 Å². The molecule has 0 unspecified atom stereocenters. The highest BCUT2D eigenvalue weighted by molar-refractivity contribution is 6.17. The Balaban J connectivity index is 4.10. The summed E-state index contributed by atoms with van der Waals surface area (Å²) in [6.07, 6.45) is -0.123. The largest absolute Gasteiger partial charge is 0.481 e. The van der Waals surface area contributed by atoms with Gasteiger partial charge in [0.15, 0.2) is 0 Å². The van der Waals surface area contributed by atoms with Crippen molar-refractivity contribution >= 4 is 29.4 Å². The minimum absolute atomic E-state index is 0.0902. The average molecular weight is 238 g/mol. The number of nitrogens with one attached hydrogen (secondary N) is 1. The molecule has 0 rings (SSSR count). The molecule has 6 nitrogen and oxygen atoms in total.